The molecule has 1 unspecified atom stereocenters. The fourth-order valence-corrected chi connectivity index (χ4v) is 1.44. The predicted octanol–water partition coefficient (Wildman–Crippen LogP) is -0.537. The highest BCUT2D eigenvalue weighted by Crippen LogP contribution is 2.07. The molecule has 1 aromatic rings. The minimum absolute atomic E-state index is 0.176. The molecule has 17 heavy (non-hydrogen) atoms. The van der Waals surface area contributed by atoms with Crippen LogP contribution in [0.2, 0.25) is 0 Å². The van der Waals surface area contributed by atoms with Crippen LogP contribution < -0.4 is 5.32 Å². The van der Waals surface area contributed by atoms with E-state index in [0.717, 1.165) is 0 Å². The number of aryl methyl sites for hydroxylation is 1. The fraction of sp³-hybridized carbons (Fsp3) is 0.273. The minimum Gasteiger partial charge on any atom is -0.307 e. The lowest BCUT2D eigenvalue weighted by atomic mass is 10.1. The van der Waals surface area contributed by atoms with Crippen LogP contribution >= 0.6 is 0 Å². The molecule has 1 aliphatic rings. The predicted molar refractivity (Wildman–Crippen MR) is 59.8 cm³/mol. The molecule has 2 rings (SSSR count). The van der Waals surface area contributed by atoms with Crippen LogP contribution in [0.4, 0.5) is 0 Å². The van der Waals surface area contributed by atoms with Gasteiger partial charge in [-0.15, -0.1) is 5.92 Å². The van der Waals surface area contributed by atoms with Gasteiger partial charge in [-0.1, -0.05) is 5.92 Å². The molecule has 6 heteroatoms. The van der Waals surface area contributed by atoms with Crippen molar-refractivity contribution in [3.8, 4) is 11.8 Å². The van der Waals surface area contributed by atoms with Gasteiger partial charge in [0.1, 0.15) is 5.69 Å². The minimum atomic E-state index is -1.01. The highest BCUT2D eigenvalue weighted by atomic mass is 16.2. The normalized spacial score (nSPS) is 19.2. The summed E-state index contributed by atoms with van der Waals surface area (Å²) in [6, 6.07) is 1.66. The highest BCUT2D eigenvalue weighted by Gasteiger charge is 2.31. The largest absolute Gasteiger partial charge is 0.307 e. The van der Waals surface area contributed by atoms with Crippen LogP contribution in [0.1, 0.15) is 12.6 Å². The Hall–Kier alpha value is -2.42. The van der Waals surface area contributed by atoms with Crippen molar-refractivity contribution in [1.82, 2.24) is 15.1 Å². The van der Waals surface area contributed by atoms with Gasteiger partial charge in [0, 0.05) is 13.2 Å². The maximum atomic E-state index is 11.6. The number of hydrogen-bond acceptors (Lipinski definition) is 3. The van der Waals surface area contributed by atoms with Gasteiger partial charge in [0.2, 0.25) is 5.91 Å². The van der Waals surface area contributed by atoms with Gasteiger partial charge in [-0.3, -0.25) is 14.3 Å². The van der Waals surface area contributed by atoms with Crippen LogP contribution in [-0.4, -0.2) is 27.4 Å². The van der Waals surface area contributed by atoms with Crippen LogP contribution in [0, 0.1) is 17.8 Å². The van der Waals surface area contributed by atoms with E-state index in [9.17, 15) is 9.59 Å². The van der Waals surface area contributed by atoms with E-state index in [1.54, 1.807) is 30.9 Å². The summed E-state index contributed by atoms with van der Waals surface area (Å²) in [5.41, 5.74) is 0.456. The van der Waals surface area contributed by atoms with Gasteiger partial charge in [0.25, 0.3) is 5.91 Å². The second kappa shape index (κ2) is 4.22. The summed E-state index contributed by atoms with van der Waals surface area (Å²) >= 11 is 0. The smallest absolute Gasteiger partial charge is 0.272 e. The number of hydrogen-bond donors (Lipinski definition) is 1. The molecule has 1 N–H and O–H groups in total. The van der Waals surface area contributed by atoms with E-state index in [-0.39, 0.29) is 5.84 Å². The number of aliphatic imine (C=N–C) groups is 1. The molecular weight excluding hydrogens is 220 g/mol. The molecular formula is C11H10N4O2. The van der Waals surface area contributed by atoms with Crippen molar-refractivity contribution >= 4 is 17.6 Å². The van der Waals surface area contributed by atoms with Crippen molar-refractivity contribution in [2.75, 3.05) is 0 Å². The molecule has 0 saturated heterocycles. The Balaban J connectivity index is 2.34. The van der Waals surface area contributed by atoms with Crippen LogP contribution in [0.3, 0.4) is 0 Å². The third-order valence-electron chi connectivity index (χ3n) is 2.22. The number of rotatable bonds is 1. The van der Waals surface area contributed by atoms with Gasteiger partial charge >= 0.3 is 0 Å². The van der Waals surface area contributed by atoms with E-state index in [1.807, 2.05) is 0 Å². The van der Waals surface area contributed by atoms with Gasteiger partial charge in [-0.25, -0.2) is 0 Å². The third kappa shape index (κ3) is 2.08. The maximum Gasteiger partial charge on any atom is 0.272 e. The zero-order valence-electron chi connectivity index (χ0n) is 9.39. The summed E-state index contributed by atoms with van der Waals surface area (Å²) in [5, 5.41) is 6.58. The van der Waals surface area contributed by atoms with Gasteiger partial charge < -0.3 is 5.32 Å². The number of carbonyl (C=O) groups excluding carboxylic acids is 2. The molecule has 1 aliphatic heterocycles. The topological polar surface area (TPSA) is 76.3 Å². The number of amides is 2. The zero-order chi connectivity index (χ0) is 12.4. The SMILES string of the molecule is CC#CC1C(=O)N=C(c2ccn(C)n2)NC1=O. The number of carbonyl (C=O) groups is 2. The molecule has 0 saturated carbocycles. The van der Waals surface area contributed by atoms with E-state index in [1.165, 1.54) is 0 Å². The first-order valence-corrected chi connectivity index (χ1v) is 4.97. The molecule has 1 atom stereocenters. The van der Waals surface area contributed by atoms with Crippen molar-refractivity contribution in [3.63, 3.8) is 0 Å². The Morgan fingerprint density at radius 1 is 1.47 bits per heavy atom. The number of nitrogens with zero attached hydrogens (tertiary/aromatic N) is 3. The molecule has 0 fully saturated rings. The average molecular weight is 230 g/mol. The molecule has 0 bridgehead atoms. The van der Waals surface area contributed by atoms with Crippen molar-refractivity contribution in [1.29, 1.82) is 0 Å². The first-order valence-electron chi connectivity index (χ1n) is 4.97. The monoisotopic (exact) mass is 230 g/mol. The summed E-state index contributed by atoms with van der Waals surface area (Å²) in [5.74, 6) is 3.21. The van der Waals surface area contributed by atoms with Crippen LogP contribution in [-0.2, 0) is 16.6 Å². The lowest BCUT2D eigenvalue weighted by molar-refractivity contribution is -0.130. The third-order valence-corrected chi connectivity index (χ3v) is 2.22. The highest BCUT2D eigenvalue weighted by molar-refractivity contribution is 6.21. The molecule has 0 aliphatic carbocycles. The van der Waals surface area contributed by atoms with E-state index >= 15 is 0 Å². The lowest BCUT2D eigenvalue weighted by Gasteiger charge is -2.14. The fourth-order valence-electron chi connectivity index (χ4n) is 1.44. The molecule has 0 aromatic carbocycles. The van der Waals surface area contributed by atoms with E-state index < -0.39 is 17.7 Å². The average Bonchev–Trinajstić information content (AvgIpc) is 2.70. The Kier molecular flexibility index (Phi) is 2.75. The van der Waals surface area contributed by atoms with Crippen LogP contribution in [0.25, 0.3) is 0 Å². The van der Waals surface area contributed by atoms with Gasteiger partial charge in [0.15, 0.2) is 11.8 Å². The van der Waals surface area contributed by atoms with Gasteiger partial charge in [-0.2, -0.15) is 10.1 Å². The molecule has 86 valence electrons. The number of aromatic nitrogens is 2. The van der Waals surface area contributed by atoms with Crippen molar-refractivity contribution in [2.24, 2.45) is 18.0 Å². The first kappa shape index (κ1) is 11.1. The lowest BCUT2D eigenvalue weighted by Crippen LogP contribution is -2.44. The molecule has 6 nitrogen and oxygen atoms in total. The van der Waals surface area contributed by atoms with Crippen LogP contribution in [0.5, 0.6) is 0 Å². The Bertz CT molecular complexity index is 574. The second-order valence-electron chi connectivity index (χ2n) is 3.49. The molecule has 2 amide bonds. The Morgan fingerprint density at radius 3 is 2.76 bits per heavy atom. The quantitative estimate of drug-likeness (QED) is 0.520. The van der Waals surface area contributed by atoms with Crippen molar-refractivity contribution in [3.05, 3.63) is 18.0 Å². The van der Waals surface area contributed by atoms with E-state index in [2.05, 4.69) is 27.2 Å². The second-order valence-corrected chi connectivity index (χ2v) is 3.49. The Labute approximate surface area is 97.7 Å². The summed E-state index contributed by atoms with van der Waals surface area (Å²) in [7, 11) is 1.74. The maximum absolute atomic E-state index is 11.6. The standard InChI is InChI=1S/C11H10N4O2/c1-3-4-7-10(16)12-9(13-11(7)17)8-5-6-15(2)14-8/h5-7H,1-2H3,(H,12,13,16,17). The summed E-state index contributed by atoms with van der Waals surface area (Å²) in [4.78, 5) is 27.0. The summed E-state index contributed by atoms with van der Waals surface area (Å²) < 4.78 is 1.56. The number of nitrogens with one attached hydrogen (secondary N) is 1. The summed E-state index contributed by atoms with van der Waals surface area (Å²) in [6.45, 7) is 1.57. The molecule has 0 spiro atoms. The number of amidine groups is 1. The van der Waals surface area contributed by atoms with Crippen molar-refractivity contribution in [2.45, 2.75) is 6.92 Å². The first-order chi connectivity index (χ1) is 8.11. The van der Waals surface area contributed by atoms with E-state index in [4.69, 9.17) is 0 Å². The summed E-state index contributed by atoms with van der Waals surface area (Å²) in [6.07, 6.45) is 1.70. The molecule has 2 heterocycles. The molecule has 1 aromatic heterocycles. The molecule has 0 radical (unpaired) electrons. The Morgan fingerprint density at radius 2 is 2.24 bits per heavy atom. The van der Waals surface area contributed by atoms with Crippen molar-refractivity contribution < 1.29 is 9.59 Å². The zero-order valence-corrected chi connectivity index (χ0v) is 9.39. The van der Waals surface area contributed by atoms with Crippen LogP contribution in [0.15, 0.2) is 17.3 Å². The van der Waals surface area contributed by atoms with Gasteiger partial charge in [0.05, 0.1) is 0 Å². The van der Waals surface area contributed by atoms with E-state index in [0.29, 0.717) is 5.69 Å². The van der Waals surface area contributed by atoms with Gasteiger partial charge in [-0.05, 0) is 13.0 Å².